The van der Waals surface area contributed by atoms with E-state index in [1.54, 1.807) is 0 Å². The standard InChI is InChI=1S/C13H17NO2/c1-10(8-13(15)16)11(2)14-9-12-6-4-3-5-7-12/h3-8,11,14H,9H2,1-2H3,(H,15,16)/b10-8-. The minimum absolute atomic E-state index is 0.0660. The van der Waals surface area contributed by atoms with E-state index >= 15 is 0 Å². The van der Waals surface area contributed by atoms with Crippen molar-refractivity contribution in [3.05, 3.63) is 47.5 Å². The molecule has 0 aliphatic heterocycles. The second kappa shape index (κ2) is 6.08. The Balaban J connectivity index is 2.47. The number of nitrogens with one attached hydrogen (secondary N) is 1. The van der Waals surface area contributed by atoms with Crippen LogP contribution >= 0.6 is 0 Å². The van der Waals surface area contributed by atoms with Gasteiger partial charge >= 0.3 is 5.97 Å². The molecule has 1 unspecified atom stereocenters. The summed E-state index contributed by atoms with van der Waals surface area (Å²) in [5.41, 5.74) is 2.01. The molecule has 0 heterocycles. The Labute approximate surface area is 95.8 Å². The average Bonchev–Trinajstić information content (AvgIpc) is 2.26. The number of carboxylic acids is 1. The lowest BCUT2D eigenvalue weighted by Crippen LogP contribution is -2.26. The van der Waals surface area contributed by atoms with Crippen molar-refractivity contribution in [2.24, 2.45) is 0 Å². The minimum atomic E-state index is -0.897. The molecule has 1 rings (SSSR count). The SMILES string of the molecule is C/C(=C/C(=O)O)C(C)NCc1ccccc1. The molecular formula is C13H17NO2. The maximum absolute atomic E-state index is 10.5. The fourth-order valence-corrected chi connectivity index (χ4v) is 1.35. The first-order valence-corrected chi connectivity index (χ1v) is 5.28. The molecule has 0 saturated heterocycles. The Kier molecular flexibility index (Phi) is 4.73. The van der Waals surface area contributed by atoms with Crippen molar-refractivity contribution in [3.63, 3.8) is 0 Å². The number of carboxylic acid groups (broad SMARTS) is 1. The van der Waals surface area contributed by atoms with Crippen LogP contribution in [0.2, 0.25) is 0 Å². The van der Waals surface area contributed by atoms with Gasteiger partial charge in [-0.2, -0.15) is 0 Å². The second-order valence-corrected chi connectivity index (χ2v) is 3.81. The van der Waals surface area contributed by atoms with E-state index in [4.69, 9.17) is 5.11 Å². The highest BCUT2D eigenvalue weighted by atomic mass is 16.4. The summed E-state index contributed by atoms with van der Waals surface area (Å²) in [6.45, 7) is 4.52. The summed E-state index contributed by atoms with van der Waals surface area (Å²) in [7, 11) is 0. The van der Waals surface area contributed by atoms with Gasteiger partial charge in [-0.3, -0.25) is 0 Å². The summed E-state index contributed by atoms with van der Waals surface area (Å²) >= 11 is 0. The third kappa shape index (κ3) is 4.28. The van der Waals surface area contributed by atoms with Gasteiger partial charge in [0.2, 0.25) is 0 Å². The molecule has 0 aliphatic rings. The molecular weight excluding hydrogens is 202 g/mol. The van der Waals surface area contributed by atoms with Gasteiger partial charge < -0.3 is 10.4 Å². The zero-order valence-electron chi connectivity index (χ0n) is 9.60. The molecule has 1 aromatic rings. The summed E-state index contributed by atoms with van der Waals surface area (Å²) in [5, 5.41) is 11.9. The molecule has 0 radical (unpaired) electrons. The molecule has 0 aromatic heterocycles. The van der Waals surface area contributed by atoms with Crippen LogP contribution in [0.4, 0.5) is 0 Å². The van der Waals surface area contributed by atoms with E-state index in [0.29, 0.717) is 0 Å². The van der Waals surface area contributed by atoms with Gasteiger partial charge in [0.1, 0.15) is 0 Å². The van der Waals surface area contributed by atoms with Gasteiger partial charge in [-0.15, -0.1) is 0 Å². The number of rotatable bonds is 5. The van der Waals surface area contributed by atoms with E-state index in [1.807, 2.05) is 44.2 Å². The molecule has 0 amide bonds. The van der Waals surface area contributed by atoms with E-state index < -0.39 is 5.97 Å². The van der Waals surface area contributed by atoms with Crippen molar-refractivity contribution in [1.29, 1.82) is 0 Å². The molecule has 3 nitrogen and oxygen atoms in total. The van der Waals surface area contributed by atoms with Crippen LogP contribution in [0.3, 0.4) is 0 Å². The van der Waals surface area contributed by atoms with Gasteiger partial charge in [-0.05, 0) is 25.0 Å². The second-order valence-electron chi connectivity index (χ2n) is 3.81. The predicted octanol–water partition coefficient (Wildman–Crippen LogP) is 2.20. The number of aliphatic carboxylic acids is 1. The van der Waals surface area contributed by atoms with Gasteiger partial charge in [-0.1, -0.05) is 30.3 Å². The topological polar surface area (TPSA) is 49.3 Å². The monoisotopic (exact) mass is 219 g/mol. The Morgan fingerprint density at radius 1 is 1.44 bits per heavy atom. The van der Waals surface area contributed by atoms with Crippen LogP contribution in [0.15, 0.2) is 42.0 Å². The normalized spacial score (nSPS) is 13.5. The molecule has 2 N–H and O–H groups in total. The fourth-order valence-electron chi connectivity index (χ4n) is 1.35. The van der Waals surface area contributed by atoms with E-state index in [2.05, 4.69) is 5.32 Å². The van der Waals surface area contributed by atoms with Crippen LogP contribution in [0.5, 0.6) is 0 Å². The Bertz CT molecular complexity index is 371. The number of hydrogen-bond acceptors (Lipinski definition) is 2. The Morgan fingerprint density at radius 3 is 2.62 bits per heavy atom. The molecule has 3 heteroatoms. The predicted molar refractivity (Wildman–Crippen MR) is 64.1 cm³/mol. The summed E-state index contributed by atoms with van der Waals surface area (Å²) in [6, 6.07) is 10.1. The molecule has 1 atom stereocenters. The number of hydrogen-bond donors (Lipinski definition) is 2. The van der Waals surface area contributed by atoms with Crippen LogP contribution < -0.4 is 5.32 Å². The highest BCUT2D eigenvalue weighted by Crippen LogP contribution is 2.03. The van der Waals surface area contributed by atoms with E-state index in [0.717, 1.165) is 12.1 Å². The third-order valence-electron chi connectivity index (χ3n) is 2.49. The van der Waals surface area contributed by atoms with Gasteiger partial charge in [0.05, 0.1) is 0 Å². The Hall–Kier alpha value is -1.61. The zero-order valence-corrected chi connectivity index (χ0v) is 9.60. The van der Waals surface area contributed by atoms with E-state index in [-0.39, 0.29) is 6.04 Å². The summed E-state index contributed by atoms with van der Waals surface area (Å²) < 4.78 is 0. The van der Waals surface area contributed by atoms with Crippen LogP contribution in [0, 0.1) is 0 Å². The highest BCUT2D eigenvalue weighted by Gasteiger charge is 2.04. The first kappa shape index (κ1) is 12.5. The van der Waals surface area contributed by atoms with E-state index in [1.165, 1.54) is 11.6 Å². The maximum atomic E-state index is 10.5. The minimum Gasteiger partial charge on any atom is -0.478 e. The average molecular weight is 219 g/mol. The molecule has 0 aliphatic carbocycles. The van der Waals surface area contributed by atoms with Crippen molar-refractivity contribution in [2.45, 2.75) is 26.4 Å². The molecule has 0 spiro atoms. The molecule has 0 bridgehead atoms. The van der Waals surface area contributed by atoms with Crippen molar-refractivity contribution in [2.75, 3.05) is 0 Å². The quantitative estimate of drug-likeness (QED) is 0.746. The molecule has 0 saturated carbocycles. The number of carbonyl (C=O) groups is 1. The number of benzene rings is 1. The van der Waals surface area contributed by atoms with Crippen LogP contribution in [0.25, 0.3) is 0 Å². The molecule has 16 heavy (non-hydrogen) atoms. The molecule has 0 fully saturated rings. The summed E-state index contributed by atoms with van der Waals surface area (Å²) in [6.07, 6.45) is 1.24. The summed E-state index contributed by atoms with van der Waals surface area (Å²) in [5.74, 6) is -0.897. The van der Waals surface area contributed by atoms with Crippen molar-refractivity contribution in [1.82, 2.24) is 5.32 Å². The first-order chi connectivity index (χ1) is 7.59. The van der Waals surface area contributed by atoms with Gasteiger partial charge in [0, 0.05) is 18.7 Å². The highest BCUT2D eigenvalue weighted by molar-refractivity contribution is 5.80. The zero-order chi connectivity index (χ0) is 12.0. The van der Waals surface area contributed by atoms with Crippen molar-refractivity contribution in [3.8, 4) is 0 Å². The smallest absolute Gasteiger partial charge is 0.328 e. The third-order valence-corrected chi connectivity index (χ3v) is 2.49. The van der Waals surface area contributed by atoms with Crippen LogP contribution in [-0.4, -0.2) is 17.1 Å². The van der Waals surface area contributed by atoms with E-state index in [9.17, 15) is 4.79 Å². The maximum Gasteiger partial charge on any atom is 0.328 e. The lowest BCUT2D eigenvalue weighted by atomic mass is 10.1. The van der Waals surface area contributed by atoms with Crippen LogP contribution in [-0.2, 0) is 11.3 Å². The lowest BCUT2D eigenvalue weighted by molar-refractivity contribution is -0.131. The molecule has 86 valence electrons. The van der Waals surface area contributed by atoms with Crippen molar-refractivity contribution >= 4 is 5.97 Å². The van der Waals surface area contributed by atoms with Crippen molar-refractivity contribution < 1.29 is 9.90 Å². The van der Waals surface area contributed by atoms with Crippen LogP contribution in [0.1, 0.15) is 19.4 Å². The summed E-state index contributed by atoms with van der Waals surface area (Å²) in [4.78, 5) is 10.5. The fraction of sp³-hybridized carbons (Fsp3) is 0.308. The first-order valence-electron chi connectivity index (χ1n) is 5.28. The van der Waals surface area contributed by atoms with Gasteiger partial charge in [-0.25, -0.2) is 4.79 Å². The molecule has 1 aromatic carbocycles. The lowest BCUT2D eigenvalue weighted by Gasteiger charge is -2.14. The Morgan fingerprint density at radius 2 is 2.06 bits per heavy atom. The largest absolute Gasteiger partial charge is 0.478 e. The van der Waals surface area contributed by atoms with Gasteiger partial charge in [0.25, 0.3) is 0 Å². The van der Waals surface area contributed by atoms with Gasteiger partial charge in [0.15, 0.2) is 0 Å².